The van der Waals surface area contributed by atoms with Crippen LogP contribution in [0.3, 0.4) is 0 Å². The highest BCUT2D eigenvalue weighted by Crippen LogP contribution is 2.05. The van der Waals surface area contributed by atoms with Crippen molar-refractivity contribution in [1.82, 2.24) is 25.1 Å². The summed E-state index contributed by atoms with van der Waals surface area (Å²) >= 11 is 0. The molecule has 0 amide bonds. The van der Waals surface area contributed by atoms with Crippen molar-refractivity contribution in [1.29, 1.82) is 0 Å². The van der Waals surface area contributed by atoms with Gasteiger partial charge in [-0.3, -0.25) is 4.68 Å². The van der Waals surface area contributed by atoms with Crippen molar-refractivity contribution in [2.75, 3.05) is 0 Å². The van der Waals surface area contributed by atoms with E-state index in [1.165, 1.54) is 5.56 Å². The highest BCUT2D eigenvalue weighted by molar-refractivity contribution is 5.15. The third kappa shape index (κ3) is 2.30. The van der Waals surface area contributed by atoms with Crippen LogP contribution in [0.2, 0.25) is 0 Å². The molecule has 86 valence electrons. The average Bonchev–Trinajstić information content (AvgIpc) is 2.75. The lowest BCUT2D eigenvalue weighted by Crippen LogP contribution is -2.13. The van der Waals surface area contributed by atoms with Crippen LogP contribution in [-0.4, -0.2) is 19.7 Å². The molecule has 2 aromatic rings. The molecule has 0 radical (unpaired) electrons. The molecule has 0 saturated heterocycles. The first-order chi connectivity index (χ1) is 7.66. The first-order valence-corrected chi connectivity index (χ1v) is 5.35. The maximum Gasteiger partial charge on any atom is 0.0925 e. The number of hydrogen-bond donors (Lipinski definition) is 2. The van der Waals surface area contributed by atoms with E-state index in [0.717, 1.165) is 30.2 Å². The lowest BCUT2D eigenvalue weighted by molar-refractivity contribution is 0.676. The van der Waals surface area contributed by atoms with E-state index in [1.54, 1.807) is 6.33 Å². The second-order valence-electron chi connectivity index (χ2n) is 3.99. The summed E-state index contributed by atoms with van der Waals surface area (Å²) in [6.45, 7) is 5.66. The summed E-state index contributed by atoms with van der Waals surface area (Å²) < 4.78 is 1.84. The van der Waals surface area contributed by atoms with Crippen molar-refractivity contribution in [3.63, 3.8) is 0 Å². The molecule has 2 rings (SSSR count). The molecule has 2 heterocycles. The molecule has 0 spiro atoms. The van der Waals surface area contributed by atoms with E-state index in [2.05, 4.69) is 20.4 Å². The molecule has 5 heteroatoms. The van der Waals surface area contributed by atoms with Crippen LogP contribution in [-0.2, 0) is 20.1 Å². The molecule has 0 unspecified atom stereocenters. The van der Waals surface area contributed by atoms with E-state index in [0.29, 0.717) is 0 Å². The predicted molar refractivity (Wildman–Crippen MR) is 61.8 cm³/mol. The van der Waals surface area contributed by atoms with Crippen LogP contribution in [0.1, 0.15) is 22.6 Å². The monoisotopic (exact) mass is 219 g/mol. The third-order valence-corrected chi connectivity index (χ3v) is 2.66. The van der Waals surface area contributed by atoms with Gasteiger partial charge in [-0.05, 0) is 13.8 Å². The fraction of sp³-hybridized carbons (Fsp3) is 0.455. The highest BCUT2D eigenvalue weighted by Gasteiger charge is 2.04. The highest BCUT2D eigenvalue weighted by atomic mass is 15.2. The van der Waals surface area contributed by atoms with Crippen molar-refractivity contribution in [3.05, 3.63) is 35.2 Å². The van der Waals surface area contributed by atoms with Crippen molar-refractivity contribution >= 4 is 0 Å². The lowest BCUT2D eigenvalue weighted by atomic mass is 10.2. The van der Waals surface area contributed by atoms with Gasteiger partial charge in [0.05, 0.1) is 17.7 Å². The van der Waals surface area contributed by atoms with Crippen LogP contribution in [0.25, 0.3) is 0 Å². The lowest BCUT2D eigenvalue weighted by Gasteiger charge is -2.02. The molecule has 16 heavy (non-hydrogen) atoms. The summed E-state index contributed by atoms with van der Waals surface area (Å²) in [5.74, 6) is 0. The average molecular weight is 219 g/mol. The zero-order valence-corrected chi connectivity index (χ0v) is 9.91. The molecule has 5 nitrogen and oxygen atoms in total. The van der Waals surface area contributed by atoms with Gasteiger partial charge in [-0.2, -0.15) is 5.10 Å². The van der Waals surface area contributed by atoms with Crippen molar-refractivity contribution in [3.8, 4) is 0 Å². The maximum atomic E-state index is 4.30. The number of nitrogens with zero attached hydrogens (tertiary/aromatic N) is 3. The van der Waals surface area contributed by atoms with Crippen molar-refractivity contribution in [2.45, 2.75) is 26.9 Å². The Balaban J connectivity index is 1.89. The topological polar surface area (TPSA) is 58.5 Å². The second-order valence-corrected chi connectivity index (χ2v) is 3.99. The summed E-state index contributed by atoms with van der Waals surface area (Å²) in [7, 11) is 1.94. The Morgan fingerprint density at radius 3 is 2.75 bits per heavy atom. The normalized spacial score (nSPS) is 10.9. The van der Waals surface area contributed by atoms with E-state index in [-0.39, 0.29) is 0 Å². The Kier molecular flexibility index (Phi) is 3.05. The molecule has 0 saturated carbocycles. The Bertz CT molecular complexity index is 468. The molecule has 0 atom stereocenters. The van der Waals surface area contributed by atoms with Gasteiger partial charge in [0, 0.05) is 37.6 Å². The molecule has 0 fully saturated rings. The third-order valence-electron chi connectivity index (χ3n) is 2.66. The molecule has 0 aliphatic carbocycles. The maximum absolute atomic E-state index is 4.30. The summed E-state index contributed by atoms with van der Waals surface area (Å²) in [5.41, 5.74) is 4.50. The standard InChI is InChI=1S/C11H17N5/c1-8-10(6-16(3)15-8)4-12-5-11-9(2)13-7-14-11/h6-7,12H,4-5H2,1-3H3,(H,13,14). The predicted octanol–water partition coefficient (Wildman–Crippen LogP) is 1.05. The van der Waals surface area contributed by atoms with Gasteiger partial charge in [0.25, 0.3) is 0 Å². The summed E-state index contributed by atoms with van der Waals surface area (Å²) in [5, 5.41) is 7.66. The van der Waals surface area contributed by atoms with Gasteiger partial charge in [0.15, 0.2) is 0 Å². The van der Waals surface area contributed by atoms with E-state index in [9.17, 15) is 0 Å². The van der Waals surface area contributed by atoms with Gasteiger partial charge < -0.3 is 10.3 Å². The molecular weight excluding hydrogens is 202 g/mol. The molecule has 2 aromatic heterocycles. The smallest absolute Gasteiger partial charge is 0.0925 e. The van der Waals surface area contributed by atoms with Gasteiger partial charge in [-0.1, -0.05) is 0 Å². The number of aromatic nitrogens is 4. The summed E-state index contributed by atoms with van der Waals surface area (Å²) in [6, 6.07) is 0. The molecule has 2 N–H and O–H groups in total. The van der Waals surface area contributed by atoms with Gasteiger partial charge in [-0.25, -0.2) is 4.98 Å². The Morgan fingerprint density at radius 1 is 1.38 bits per heavy atom. The number of imidazole rings is 1. The molecule has 0 aliphatic rings. The van der Waals surface area contributed by atoms with Crippen molar-refractivity contribution in [2.24, 2.45) is 7.05 Å². The first-order valence-electron chi connectivity index (χ1n) is 5.35. The van der Waals surface area contributed by atoms with Gasteiger partial charge in [-0.15, -0.1) is 0 Å². The fourth-order valence-electron chi connectivity index (χ4n) is 1.70. The van der Waals surface area contributed by atoms with Crippen LogP contribution in [0.15, 0.2) is 12.5 Å². The van der Waals surface area contributed by atoms with E-state index in [4.69, 9.17) is 0 Å². The molecule has 0 aromatic carbocycles. The minimum atomic E-state index is 0.781. The van der Waals surface area contributed by atoms with Crippen LogP contribution in [0.4, 0.5) is 0 Å². The fourth-order valence-corrected chi connectivity index (χ4v) is 1.70. The Morgan fingerprint density at radius 2 is 2.19 bits per heavy atom. The van der Waals surface area contributed by atoms with Crippen LogP contribution in [0, 0.1) is 13.8 Å². The van der Waals surface area contributed by atoms with Crippen LogP contribution >= 0.6 is 0 Å². The largest absolute Gasteiger partial charge is 0.348 e. The Hall–Kier alpha value is -1.62. The SMILES string of the molecule is Cc1nn(C)cc1CNCc1nc[nH]c1C. The number of rotatable bonds is 4. The minimum absolute atomic E-state index is 0.781. The van der Waals surface area contributed by atoms with Gasteiger partial charge >= 0.3 is 0 Å². The van der Waals surface area contributed by atoms with E-state index < -0.39 is 0 Å². The quantitative estimate of drug-likeness (QED) is 0.808. The summed E-state index contributed by atoms with van der Waals surface area (Å²) in [4.78, 5) is 7.30. The number of H-pyrrole nitrogens is 1. The number of aryl methyl sites for hydroxylation is 3. The second kappa shape index (κ2) is 4.49. The zero-order valence-electron chi connectivity index (χ0n) is 9.91. The molecular formula is C11H17N5. The summed E-state index contributed by atoms with van der Waals surface area (Å²) in [6.07, 6.45) is 3.77. The molecule has 0 aliphatic heterocycles. The zero-order chi connectivity index (χ0) is 11.5. The number of hydrogen-bond acceptors (Lipinski definition) is 3. The number of nitrogens with one attached hydrogen (secondary N) is 2. The first kappa shape index (κ1) is 10.9. The Labute approximate surface area is 94.9 Å². The molecule has 0 bridgehead atoms. The van der Waals surface area contributed by atoms with E-state index >= 15 is 0 Å². The van der Waals surface area contributed by atoms with Crippen LogP contribution < -0.4 is 5.32 Å². The number of aromatic amines is 1. The van der Waals surface area contributed by atoms with E-state index in [1.807, 2.05) is 31.8 Å². The van der Waals surface area contributed by atoms with Gasteiger partial charge in [0.2, 0.25) is 0 Å². The van der Waals surface area contributed by atoms with Crippen molar-refractivity contribution < 1.29 is 0 Å². The minimum Gasteiger partial charge on any atom is -0.348 e. The van der Waals surface area contributed by atoms with Gasteiger partial charge in [0.1, 0.15) is 0 Å². The van der Waals surface area contributed by atoms with Crippen LogP contribution in [0.5, 0.6) is 0 Å².